The summed E-state index contributed by atoms with van der Waals surface area (Å²) in [6.07, 6.45) is 1.64. The molecule has 1 heterocycles. The van der Waals surface area contributed by atoms with Crippen molar-refractivity contribution in [2.24, 2.45) is 5.73 Å². The van der Waals surface area contributed by atoms with E-state index in [1.54, 1.807) is 10.9 Å². The fourth-order valence-corrected chi connectivity index (χ4v) is 3.00. The summed E-state index contributed by atoms with van der Waals surface area (Å²) in [6.45, 7) is 2.19. The Morgan fingerprint density at radius 1 is 1.30 bits per heavy atom. The molecule has 6 nitrogen and oxygen atoms in total. The highest BCUT2D eigenvalue weighted by Crippen LogP contribution is 2.13. The van der Waals surface area contributed by atoms with Crippen LogP contribution in [0.5, 0.6) is 0 Å². The molecule has 3 N–H and O–H groups in total. The minimum atomic E-state index is -3.37. The van der Waals surface area contributed by atoms with E-state index in [0.29, 0.717) is 12.1 Å². The number of nitrogens with two attached hydrogens (primary N) is 1. The number of nitrogens with zero attached hydrogens (tertiary/aromatic N) is 2. The summed E-state index contributed by atoms with van der Waals surface area (Å²) in [5.41, 5.74) is 6.76. The van der Waals surface area contributed by atoms with Crippen LogP contribution < -0.4 is 5.73 Å². The maximum Gasteiger partial charge on any atom is 0.180 e. The van der Waals surface area contributed by atoms with Crippen LogP contribution in [-0.4, -0.2) is 29.8 Å². The molecule has 0 bridgehead atoms. The standard InChI is InChI=1S/C13H16N4O2S/c1-10-6-7-16-17(10)8-9-20(18,19)12-4-2-11(3-5-12)13(14)15/h2-7H,8-9H2,1H3,(H3,14,15). The number of nitrogens with one attached hydrogen (secondary N) is 1. The largest absolute Gasteiger partial charge is 0.384 e. The third kappa shape index (κ3) is 3.05. The Balaban J connectivity index is 2.14. The van der Waals surface area contributed by atoms with Crippen molar-refractivity contribution in [1.82, 2.24) is 9.78 Å². The predicted octanol–water partition coefficient (Wildman–Crippen LogP) is 0.949. The van der Waals surface area contributed by atoms with Gasteiger partial charge in [-0.15, -0.1) is 0 Å². The Bertz CT molecular complexity index is 717. The molecule has 0 unspecified atom stereocenters. The van der Waals surface area contributed by atoms with Crippen molar-refractivity contribution in [3.8, 4) is 0 Å². The van der Waals surface area contributed by atoms with E-state index in [-0.39, 0.29) is 16.5 Å². The Kier molecular flexibility index (Phi) is 3.89. The second kappa shape index (κ2) is 5.46. The first-order chi connectivity index (χ1) is 9.40. The number of benzene rings is 1. The molecule has 106 valence electrons. The molecule has 0 saturated carbocycles. The molecule has 1 aromatic carbocycles. The van der Waals surface area contributed by atoms with Crippen molar-refractivity contribution in [2.75, 3.05) is 5.75 Å². The molecule has 0 atom stereocenters. The van der Waals surface area contributed by atoms with Gasteiger partial charge >= 0.3 is 0 Å². The fourth-order valence-electron chi connectivity index (χ4n) is 1.80. The van der Waals surface area contributed by atoms with Crippen molar-refractivity contribution in [1.29, 1.82) is 5.41 Å². The lowest BCUT2D eigenvalue weighted by molar-refractivity contribution is 0.577. The van der Waals surface area contributed by atoms with Gasteiger partial charge in [0.1, 0.15) is 5.84 Å². The van der Waals surface area contributed by atoms with Crippen LogP contribution in [0.1, 0.15) is 11.3 Å². The number of aromatic nitrogens is 2. The third-order valence-corrected chi connectivity index (χ3v) is 4.74. The monoisotopic (exact) mass is 292 g/mol. The molecule has 0 aliphatic rings. The summed E-state index contributed by atoms with van der Waals surface area (Å²) < 4.78 is 26.0. The average molecular weight is 292 g/mol. The van der Waals surface area contributed by atoms with Gasteiger partial charge in [0.15, 0.2) is 9.84 Å². The minimum absolute atomic E-state index is 0.0189. The molecule has 0 radical (unpaired) electrons. The van der Waals surface area contributed by atoms with Gasteiger partial charge in [-0.3, -0.25) is 10.1 Å². The van der Waals surface area contributed by atoms with Crippen LogP contribution in [0.25, 0.3) is 0 Å². The van der Waals surface area contributed by atoms with Crippen LogP contribution in [0.15, 0.2) is 41.4 Å². The van der Waals surface area contributed by atoms with Crippen LogP contribution in [0.4, 0.5) is 0 Å². The summed E-state index contributed by atoms with van der Waals surface area (Å²) in [7, 11) is -3.37. The average Bonchev–Trinajstić information content (AvgIpc) is 2.82. The summed E-state index contributed by atoms with van der Waals surface area (Å²) in [5, 5.41) is 11.3. The normalized spacial score (nSPS) is 11.4. The lowest BCUT2D eigenvalue weighted by Crippen LogP contribution is -2.15. The van der Waals surface area contributed by atoms with Gasteiger partial charge < -0.3 is 5.73 Å². The topological polar surface area (TPSA) is 102 Å². The second-order valence-corrected chi connectivity index (χ2v) is 6.56. The number of aryl methyl sites for hydroxylation is 2. The molecule has 1 aromatic heterocycles. The summed E-state index contributed by atoms with van der Waals surface area (Å²) in [5.74, 6) is -0.101. The van der Waals surface area contributed by atoms with E-state index in [9.17, 15) is 8.42 Å². The molecule has 7 heteroatoms. The SMILES string of the molecule is Cc1ccnn1CCS(=O)(=O)c1ccc(C(=N)N)cc1. The number of amidine groups is 1. The Morgan fingerprint density at radius 3 is 2.45 bits per heavy atom. The van der Waals surface area contributed by atoms with Crippen LogP contribution >= 0.6 is 0 Å². The molecule has 2 aromatic rings. The van der Waals surface area contributed by atoms with E-state index in [0.717, 1.165) is 5.69 Å². The Morgan fingerprint density at radius 2 is 1.95 bits per heavy atom. The lowest BCUT2D eigenvalue weighted by Gasteiger charge is -2.07. The summed E-state index contributed by atoms with van der Waals surface area (Å²) in [6, 6.07) is 7.85. The highest BCUT2D eigenvalue weighted by Gasteiger charge is 2.15. The van der Waals surface area contributed by atoms with Gasteiger partial charge in [0, 0.05) is 17.5 Å². The zero-order chi connectivity index (χ0) is 14.8. The smallest absolute Gasteiger partial charge is 0.180 e. The summed E-state index contributed by atoms with van der Waals surface area (Å²) >= 11 is 0. The van der Waals surface area contributed by atoms with Gasteiger partial charge in [-0.1, -0.05) is 12.1 Å². The van der Waals surface area contributed by atoms with Crippen LogP contribution in [0.3, 0.4) is 0 Å². The number of rotatable bonds is 5. The highest BCUT2D eigenvalue weighted by atomic mass is 32.2. The van der Waals surface area contributed by atoms with E-state index >= 15 is 0 Å². The maximum absolute atomic E-state index is 12.2. The van der Waals surface area contributed by atoms with Crippen LogP contribution in [-0.2, 0) is 16.4 Å². The Hall–Kier alpha value is -2.15. The first kappa shape index (κ1) is 14.3. The van der Waals surface area contributed by atoms with Gasteiger partial charge in [-0.05, 0) is 25.1 Å². The van der Waals surface area contributed by atoms with Gasteiger partial charge in [0.25, 0.3) is 0 Å². The number of nitrogen functional groups attached to an aromatic ring is 1. The molecule has 2 rings (SSSR count). The predicted molar refractivity (Wildman–Crippen MR) is 76.5 cm³/mol. The molecule has 0 fully saturated rings. The van der Waals surface area contributed by atoms with Crippen molar-refractivity contribution < 1.29 is 8.42 Å². The van der Waals surface area contributed by atoms with Gasteiger partial charge in [-0.25, -0.2) is 8.42 Å². The van der Waals surface area contributed by atoms with Gasteiger partial charge in [0.2, 0.25) is 0 Å². The number of sulfone groups is 1. The molecule has 20 heavy (non-hydrogen) atoms. The zero-order valence-electron chi connectivity index (χ0n) is 11.1. The van der Waals surface area contributed by atoms with E-state index in [1.165, 1.54) is 24.3 Å². The van der Waals surface area contributed by atoms with Crippen LogP contribution in [0.2, 0.25) is 0 Å². The molecule has 0 aliphatic heterocycles. The third-order valence-electron chi connectivity index (χ3n) is 3.03. The zero-order valence-corrected chi connectivity index (χ0v) is 11.9. The first-order valence-electron chi connectivity index (χ1n) is 6.06. The maximum atomic E-state index is 12.2. The van der Waals surface area contributed by atoms with Crippen LogP contribution in [0, 0.1) is 12.3 Å². The van der Waals surface area contributed by atoms with Crippen molar-refractivity contribution in [3.05, 3.63) is 47.8 Å². The minimum Gasteiger partial charge on any atom is -0.384 e. The van der Waals surface area contributed by atoms with E-state index in [1.807, 2.05) is 13.0 Å². The quantitative estimate of drug-likeness (QED) is 0.632. The van der Waals surface area contributed by atoms with Gasteiger partial charge in [0.05, 0.1) is 17.2 Å². The molecular weight excluding hydrogens is 276 g/mol. The van der Waals surface area contributed by atoms with Gasteiger partial charge in [-0.2, -0.15) is 5.10 Å². The molecule has 0 amide bonds. The van der Waals surface area contributed by atoms with Crippen molar-refractivity contribution in [3.63, 3.8) is 0 Å². The van der Waals surface area contributed by atoms with E-state index in [2.05, 4.69) is 5.10 Å². The molecular formula is C13H16N4O2S. The van der Waals surface area contributed by atoms with Crippen molar-refractivity contribution >= 4 is 15.7 Å². The van der Waals surface area contributed by atoms with E-state index in [4.69, 9.17) is 11.1 Å². The fraction of sp³-hybridized carbons (Fsp3) is 0.231. The highest BCUT2D eigenvalue weighted by molar-refractivity contribution is 7.91. The molecule has 0 spiro atoms. The molecule has 0 saturated heterocycles. The second-order valence-electron chi connectivity index (χ2n) is 4.45. The lowest BCUT2D eigenvalue weighted by atomic mass is 10.2. The number of hydrogen-bond acceptors (Lipinski definition) is 4. The summed E-state index contributed by atoms with van der Waals surface area (Å²) in [4.78, 5) is 0.229. The van der Waals surface area contributed by atoms with E-state index < -0.39 is 9.84 Å². The number of hydrogen-bond donors (Lipinski definition) is 2. The van der Waals surface area contributed by atoms with Crippen molar-refractivity contribution in [2.45, 2.75) is 18.4 Å². The Labute approximate surface area is 117 Å². The first-order valence-corrected chi connectivity index (χ1v) is 7.71. The molecule has 0 aliphatic carbocycles.